The Bertz CT molecular complexity index is 122. The van der Waals surface area contributed by atoms with E-state index >= 15 is 0 Å². The molecule has 0 aliphatic carbocycles. The average Bonchev–Trinajstić information content (AvgIpc) is 1.82. The van der Waals surface area contributed by atoms with Crippen molar-refractivity contribution in [1.29, 1.82) is 0 Å². The summed E-state index contributed by atoms with van der Waals surface area (Å²) in [5.74, 6) is 0. The SMILES string of the molecule is C1CCNCC2(CC1)COC2. The van der Waals surface area contributed by atoms with Crippen molar-refractivity contribution in [3.05, 3.63) is 0 Å². The molecular weight excluding hydrogens is 138 g/mol. The van der Waals surface area contributed by atoms with Crippen LogP contribution in [0.3, 0.4) is 0 Å². The monoisotopic (exact) mass is 155 g/mol. The van der Waals surface area contributed by atoms with Crippen molar-refractivity contribution in [2.45, 2.75) is 25.7 Å². The van der Waals surface area contributed by atoms with Crippen LogP contribution in [-0.2, 0) is 4.74 Å². The van der Waals surface area contributed by atoms with Gasteiger partial charge in [-0.1, -0.05) is 12.8 Å². The second-order valence-corrected chi connectivity index (χ2v) is 3.98. The summed E-state index contributed by atoms with van der Waals surface area (Å²) in [5, 5.41) is 3.50. The van der Waals surface area contributed by atoms with E-state index in [9.17, 15) is 0 Å². The molecule has 2 rings (SSSR count). The summed E-state index contributed by atoms with van der Waals surface area (Å²) in [5.41, 5.74) is 0.542. The van der Waals surface area contributed by atoms with Gasteiger partial charge in [-0.15, -0.1) is 0 Å². The van der Waals surface area contributed by atoms with E-state index in [0.29, 0.717) is 5.41 Å². The lowest BCUT2D eigenvalue weighted by atomic mass is 9.80. The minimum absolute atomic E-state index is 0.542. The Hall–Kier alpha value is -0.0800. The van der Waals surface area contributed by atoms with Crippen LogP contribution < -0.4 is 5.32 Å². The van der Waals surface area contributed by atoms with Gasteiger partial charge < -0.3 is 10.1 Å². The minimum atomic E-state index is 0.542. The van der Waals surface area contributed by atoms with Crippen molar-refractivity contribution in [3.63, 3.8) is 0 Å². The lowest BCUT2D eigenvalue weighted by molar-refractivity contribution is -0.117. The third kappa shape index (κ3) is 1.57. The van der Waals surface area contributed by atoms with Crippen LogP contribution in [0.2, 0.25) is 0 Å². The highest BCUT2D eigenvalue weighted by Gasteiger charge is 2.37. The van der Waals surface area contributed by atoms with E-state index in [2.05, 4.69) is 5.32 Å². The molecule has 0 aromatic heterocycles. The fraction of sp³-hybridized carbons (Fsp3) is 1.00. The first-order valence-electron chi connectivity index (χ1n) is 4.70. The van der Waals surface area contributed by atoms with Crippen LogP contribution in [0, 0.1) is 5.41 Å². The molecule has 2 heterocycles. The van der Waals surface area contributed by atoms with Crippen molar-refractivity contribution in [2.75, 3.05) is 26.3 Å². The molecule has 0 amide bonds. The van der Waals surface area contributed by atoms with Crippen LogP contribution in [0.4, 0.5) is 0 Å². The fourth-order valence-electron chi connectivity index (χ4n) is 2.01. The standard InChI is InChI=1S/C9H17NO/c1-2-4-9(7-11-8-9)6-10-5-3-1/h10H,1-8H2. The van der Waals surface area contributed by atoms with Crippen LogP contribution in [0.25, 0.3) is 0 Å². The smallest absolute Gasteiger partial charge is 0.0557 e. The molecule has 0 atom stereocenters. The van der Waals surface area contributed by atoms with E-state index in [4.69, 9.17) is 4.74 Å². The zero-order chi connectivity index (χ0) is 7.57. The van der Waals surface area contributed by atoms with Crippen LogP contribution in [0.1, 0.15) is 25.7 Å². The summed E-state index contributed by atoms with van der Waals surface area (Å²) >= 11 is 0. The van der Waals surface area contributed by atoms with Gasteiger partial charge in [-0.3, -0.25) is 0 Å². The van der Waals surface area contributed by atoms with E-state index in [1.54, 1.807) is 0 Å². The Labute approximate surface area is 68.3 Å². The number of nitrogens with one attached hydrogen (secondary N) is 1. The third-order valence-corrected chi connectivity index (χ3v) is 2.88. The van der Waals surface area contributed by atoms with E-state index in [1.807, 2.05) is 0 Å². The molecule has 0 aromatic rings. The molecule has 2 aliphatic rings. The van der Waals surface area contributed by atoms with Gasteiger partial charge in [-0.25, -0.2) is 0 Å². The molecule has 0 saturated carbocycles. The van der Waals surface area contributed by atoms with Crippen LogP contribution in [-0.4, -0.2) is 26.3 Å². The summed E-state index contributed by atoms with van der Waals surface area (Å²) in [6, 6.07) is 0. The second-order valence-electron chi connectivity index (χ2n) is 3.98. The molecule has 2 heteroatoms. The van der Waals surface area contributed by atoms with Gasteiger partial charge in [-0.2, -0.15) is 0 Å². The predicted octanol–water partition coefficient (Wildman–Crippen LogP) is 1.17. The number of hydrogen-bond donors (Lipinski definition) is 1. The normalized spacial score (nSPS) is 30.5. The Kier molecular flexibility index (Phi) is 2.14. The van der Waals surface area contributed by atoms with Gasteiger partial charge in [-0.05, 0) is 19.4 Å². The zero-order valence-corrected chi connectivity index (χ0v) is 7.07. The number of hydrogen-bond acceptors (Lipinski definition) is 2. The van der Waals surface area contributed by atoms with Gasteiger partial charge in [0.25, 0.3) is 0 Å². The Balaban J connectivity index is 1.86. The first-order valence-corrected chi connectivity index (χ1v) is 4.70. The lowest BCUT2D eigenvalue weighted by Crippen LogP contribution is -2.50. The van der Waals surface area contributed by atoms with Gasteiger partial charge in [0.05, 0.1) is 13.2 Å². The molecule has 2 aliphatic heterocycles. The van der Waals surface area contributed by atoms with E-state index in [0.717, 1.165) is 13.2 Å². The highest BCUT2D eigenvalue weighted by Crippen LogP contribution is 2.33. The van der Waals surface area contributed by atoms with Crippen molar-refractivity contribution in [1.82, 2.24) is 5.32 Å². The lowest BCUT2D eigenvalue weighted by Gasteiger charge is -2.42. The molecule has 64 valence electrons. The van der Waals surface area contributed by atoms with Gasteiger partial charge in [0.2, 0.25) is 0 Å². The summed E-state index contributed by atoms with van der Waals surface area (Å²) < 4.78 is 5.27. The zero-order valence-electron chi connectivity index (χ0n) is 7.07. The Morgan fingerprint density at radius 2 is 2.00 bits per heavy atom. The minimum Gasteiger partial charge on any atom is -0.380 e. The highest BCUT2D eigenvalue weighted by molar-refractivity contribution is 4.88. The summed E-state index contributed by atoms with van der Waals surface area (Å²) in [7, 11) is 0. The van der Waals surface area contributed by atoms with Crippen LogP contribution in [0.15, 0.2) is 0 Å². The molecule has 0 unspecified atom stereocenters. The van der Waals surface area contributed by atoms with E-state index < -0.39 is 0 Å². The van der Waals surface area contributed by atoms with Gasteiger partial charge in [0.15, 0.2) is 0 Å². The maximum atomic E-state index is 5.27. The molecule has 2 saturated heterocycles. The maximum Gasteiger partial charge on any atom is 0.0557 e. The Morgan fingerprint density at radius 1 is 1.09 bits per heavy atom. The molecule has 2 nitrogen and oxygen atoms in total. The topological polar surface area (TPSA) is 21.3 Å². The van der Waals surface area contributed by atoms with Crippen molar-refractivity contribution in [3.8, 4) is 0 Å². The number of ether oxygens (including phenoxy) is 1. The maximum absolute atomic E-state index is 5.27. The molecule has 11 heavy (non-hydrogen) atoms. The van der Waals surface area contributed by atoms with Crippen LogP contribution in [0.5, 0.6) is 0 Å². The molecule has 0 aromatic carbocycles. The quantitative estimate of drug-likeness (QED) is 0.567. The molecule has 2 fully saturated rings. The molecule has 0 bridgehead atoms. The van der Waals surface area contributed by atoms with Crippen LogP contribution >= 0.6 is 0 Å². The molecule has 1 N–H and O–H groups in total. The molecule has 1 spiro atoms. The van der Waals surface area contributed by atoms with Gasteiger partial charge in [0.1, 0.15) is 0 Å². The average molecular weight is 155 g/mol. The predicted molar refractivity (Wildman–Crippen MR) is 44.6 cm³/mol. The first-order chi connectivity index (χ1) is 5.41. The summed E-state index contributed by atoms with van der Waals surface area (Å²) in [6.45, 7) is 4.40. The summed E-state index contributed by atoms with van der Waals surface area (Å²) in [6.07, 6.45) is 5.54. The van der Waals surface area contributed by atoms with Crippen molar-refractivity contribution < 1.29 is 4.74 Å². The third-order valence-electron chi connectivity index (χ3n) is 2.88. The van der Waals surface area contributed by atoms with E-state index in [-0.39, 0.29) is 0 Å². The Morgan fingerprint density at radius 3 is 2.73 bits per heavy atom. The first kappa shape index (κ1) is 7.56. The largest absolute Gasteiger partial charge is 0.380 e. The highest BCUT2D eigenvalue weighted by atomic mass is 16.5. The van der Waals surface area contributed by atoms with Crippen molar-refractivity contribution in [2.24, 2.45) is 5.41 Å². The van der Waals surface area contributed by atoms with Gasteiger partial charge in [0, 0.05) is 12.0 Å². The second kappa shape index (κ2) is 3.11. The molecule has 0 radical (unpaired) electrons. The molecular formula is C9H17NO. The van der Waals surface area contributed by atoms with Crippen molar-refractivity contribution >= 4 is 0 Å². The fourth-order valence-corrected chi connectivity index (χ4v) is 2.01. The van der Waals surface area contributed by atoms with E-state index in [1.165, 1.54) is 38.8 Å². The number of rotatable bonds is 0. The van der Waals surface area contributed by atoms with Gasteiger partial charge >= 0.3 is 0 Å². The summed E-state index contributed by atoms with van der Waals surface area (Å²) in [4.78, 5) is 0.